The SMILES string of the molecule is C.C.C1#Cc2ccccc2C#Cc2ccccc21.CCOC(=O)CN=[N+]=[N-].CCOC(=O)Cn1nnc2c1-c1ccccc1-c1c(nnn1CC(=O)OCC)-c1ccccc1-2.CCOC(=O)Cn1nnc2c1-c1ccccc1-c1nnn(CC(C)=O)c1-c1ccccc1-2. The van der Waals surface area contributed by atoms with Gasteiger partial charge < -0.3 is 18.9 Å². The second-order valence-corrected chi connectivity index (χ2v) is 19.9. The minimum absolute atomic E-state index is 0. The quantitative estimate of drug-likeness (QED) is 0.0244. The number of hydrogen-bond acceptors (Lipinski definition) is 18. The van der Waals surface area contributed by atoms with Crippen molar-refractivity contribution in [3.63, 3.8) is 0 Å². The lowest BCUT2D eigenvalue weighted by molar-refractivity contribution is -0.145. The van der Waals surface area contributed by atoms with E-state index in [0.717, 1.165) is 72.5 Å². The Morgan fingerprint density at radius 3 is 0.892 bits per heavy atom. The standard InChI is InChI=1S/C24H22N6O4.C23H20N6O3.C16H8.C4H7N3O2.2CH4/c1-3-33-19(31)13-29-23-17-11-7-8-12-18(17)24-22(26-28-30(24)14-20(32)34-4-2)16-10-6-5-9-15(16)21(23)25-27-29;1-3-32-19(31)13-29-23-18-11-7-5-9-16(18)20-22(28(26-24-20)12-14(2)30)17-10-6-4-8-15(17)21(23)25-27-29;1-2-6-14-11-12-16-8-4-3-7-15(16)10-9-13(14)5-1;1-2-9-4(8)3-6-7-5;;/h5-12H,3-4,13-14H2,1-2H3;4-11H,3,12-13H2,1-2H3;1-8H;2-3H2,1H3;2*1H4. The number of Topliss-reactive ketones (excluding diaryl/α,β-unsaturated/α-hetero) is 1. The van der Waals surface area contributed by atoms with Crippen molar-refractivity contribution in [1.82, 2.24) is 60.0 Å². The monoisotopic (exact) mass is 1250 g/mol. The zero-order valence-corrected chi connectivity index (χ0v) is 50.1. The molecule has 3 aliphatic carbocycles. The molecule has 6 aromatic carbocycles. The first-order valence-electron chi connectivity index (χ1n) is 28.9. The summed E-state index contributed by atoms with van der Waals surface area (Å²) in [5, 5.41) is 37.9. The van der Waals surface area contributed by atoms with Crippen LogP contribution in [0.4, 0.5) is 0 Å². The van der Waals surface area contributed by atoms with Crippen LogP contribution in [0, 0.1) is 23.7 Å². The summed E-state index contributed by atoms with van der Waals surface area (Å²) in [5.41, 5.74) is 23.6. The molecule has 0 amide bonds. The van der Waals surface area contributed by atoms with Gasteiger partial charge in [-0.25, -0.2) is 18.7 Å². The molecular weight excluding hydrogens is 1180 g/mol. The van der Waals surface area contributed by atoms with Crippen LogP contribution in [0.25, 0.3) is 101 Å². The van der Waals surface area contributed by atoms with Crippen LogP contribution in [0.1, 0.15) is 71.7 Å². The van der Waals surface area contributed by atoms with Crippen LogP contribution < -0.4 is 0 Å². The smallest absolute Gasteiger partial charge is 0.327 e. The topological polar surface area (TPSA) is 294 Å². The lowest BCUT2D eigenvalue weighted by Gasteiger charge is -2.18. The third-order valence-corrected chi connectivity index (χ3v) is 13.9. The highest BCUT2D eigenvalue weighted by molar-refractivity contribution is 6.01. The molecule has 24 heteroatoms. The van der Waals surface area contributed by atoms with Crippen LogP contribution >= 0.6 is 0 Å². The zero-order valence-electron chi connectivity index (χ0n) is 50.1. The van der Waals surface area contributed by atoms with Gasteiger partial charge in [0.15, 0.2) is 5.78 Å². The summed E-state index contributed by atoms with van der Waals surface area (Å²) in [4.78, 5) is 61.5. The molecule has 10 aromatic rings. The zero-order chi connectivity index (χ0) is 63.8. The highest BCUT2D eigenvalue weighted by Crippen LogP contribution is 2.48. The number of nitrogens with zero attached hydrogens (tertiary/aromatic N) is 15. The van der Waals surface area contributed by atoms with Crippen LogP contribution in [0.15, 0.2) is 151 Å². The van der Waals surface area contributed by atoms with Crippen LogP contribution in [-0.4, -0.2) is 123 Å². The van der Waals surface area contributed by atoms with Gasteiger partial charge in [0.1, 0.15) is 55.5 Å². The molecule has 0 fully saturated rings. The molecule has 0 aliphatic heterocycles. The maximum atomic E-state index is 12.3. The Balaban J connectivity index is 0.000000174. The number of rotatable bonds is 14. The average Bonchev–Trinajstić information content (AvgIpc) is 1.62. The van der Waals surface area contributed by atoms with Crippen molar-refractivity contribution >= 4 is 29.7 Å². The highest BCUT2D eigenvalue weighted by Gasteiger charge is 2.33. The van der Waals surface area contributed by atoms with Gasteiger partial charge in [0.2, 0.25) is 0 Å². The van der Waals surface area contributed by atoms with Gasteiger partial charge >= 0.3 is 23.9 Å². The number of benzene rings is 6. The third-order valence-electron chi connectivity index (χ3n) is 13.9. The number of ketones is 1. The van der Waals surface area contributed by atoms with Gasteiger partial charge in [0, 0.05) is 71.7 Å². The molecule has 24 nitrogen and oxygen atoms in total. The molecule has 93 heavy (non-hydrogen) atoms. The van der Waals surface area contributed by atoms with Crippen LogP contribution in [0.3, 0.4) is 0 Å². The molecule has 0 saturated carbocycles. The Hall–Kier alpha value is -12.1. The first kappa shape index (κ1) is 66.8. The van der Waals surface area contributed by atoms with Gasteiger partial charge in [-0.15, -0.1) is 20.4 Å². The Bertz CT molecular complexity index is 4360. The van der Waals surface area contributed by atoms with Gasteiger partial charge in [-0.2, -0.15) is 0 Å². The number of carbonyl (C=O) groups excluding carboxylic acids is 5. The number of aromatic nitrogens is 12. The molecule has 0 spiro atoms. The number of carbonyl (C=O) groups is 5. The summed E-state index contributed by atoms with van der Waals surface area (Å²) in [5.74, 6) is 11.0. The van der Waals surface area contributed by atoms with E-state index in [0.29, 0.717) is 46.5 Å². The van der Waals surface area contributed by atoms with E-state index in [1.807, 2.05) is 146 Å². The first-order chi connectivity index (χ1) is 44.4. The number of azide groups is 1. The van der Waals surface area contributed by atoms with Crippen molar-refractivity contribution in [2.75, 3.05) is 33.0 Å². The highest BCUT2D eigenvalue weighted by atomic mass is 16.5. The fourth-order valence-electron chi connectivity index (χ4n) is 10.2. The van der Waals surface area contributed by atoms with Crippen LogP contribution in [-0.2, 0) is 69.1 Å². The van der Waals surface area contributed by atoms with E-state index in [2.05, 4.69) is 79.7 Å². The lowest BCUT2D eigenvalue weighted by atomic mass is 9.89. The molecule has 4 heterocycles. The summed E-state index contributed by atoms with van der Waals surface area (Å²) >= 11 is 0. The largest absolute Gasteiger partial charge is 0.466 e. The van der Waals surface area contributed by atoms with Gasteiger partial charge in [0.05, 0.1) is 49.2 Å². The predicted octanol–water partition coefficient (Wildman–Crippen LogP) is 10.9. The van der Waals surface area contributed by atoms with E-state index in [-0.39, 0.29) is 79.2 Å². The maximum Gasteiger partial charge on any atom is 0.327 e. The normalized spacial score (nSPS) is 10.6. The van der Waals surface area contributed by atoms with Gasteiger partial charge in [-0.3, -0.25) is 24.0 Å². The van der Waals surface area contributed by atoms with Crippen molar-refractivity contribution in [2.45, 2.75) is 75.7 Å². The number of ether oxygens (including phenoxy) is 4. The van der Waals surface area contributed by atoms with Crippen molar-refractivity contribution < 1.29 is 42.9 Å². The van der Waals surface area contributed by atoms with Crippen LogP contribution in [0.2, 0.25) is 0 Å². The van der Waals surface area contributed by atoms with Gasteiger partial charge in [-0.1, -0.05) is 186 Å². The Labute approximate surface area is 536 Å². The van der Waals surface area contributed by atoms with Crippen LogP contribution in [0.5, 0.6) is 0 Å². The van der Waals surface area contributed by atoms with Gasteiger partial charge in [0.25, 0.3) is 0 Å². The van der Waals surface area contributed by atoms with E-state index < -0.39 is 17.9 Å². The molecule has 0 atom stereocenters. The predicted molar refractivity (Wildman–Crippen MR) is 347 cm³/mol. The minimum Gasteiger partial charge on any atom is -0.466 e. The molecule has 0 bridgehead atoms. The van der Waals surface area contributed by atoms with Crippen molar-refractivity contribution in [1.29, 1.82) is 0 Å². The Morgan fingerprint density at radius 1 is 0.387 bits per heavy atom. The summed E-state index contributed by atoms with van der Waals surface area (Å²) in [6, 6.07) is 46.8. The molecule has 0 N–H and O–H groups in total. The second kappa shape index (κ2) is 31.4. The minimum atomic E-state index is -0.490. The van der Waals surface area contributed by atoms with Crippen molar-refractivity contribution in [2.24, 2.45) is 5.11 Å². The molecule has 0 unspecified atom stereocenters. The summed E-state index contributed by atoms with van der Waals surface area (Å²) < 4.78 is 26.2. The molecule has 3 aliphatic rings. The summed E-state index contributed by atoms with van der Waals surface area (Å²) in [6.07, 6.45) is 0. The fourth-order valence-corrected chi connectivity index (χ4v) is 10.2. The number of fused-ring (bicyclic) bond motifs is 18. The van der Waals surface area contributed by atoms with E-state index >= 15 is 0 Å². The summed E-state index contributed by atoms with van der Waals surface area (Å²) in [7, 11) is 0. The second-order valence-electron chi connectivity index (χ2n) is 19.9. The van der Waals surface area contributed by atoms with E-state index in [4.69, 9.17) is 19.7 Å². The van der Waals surface area contributed by atoms with Gasteiger partial charge in [-0.05, 0) is 64.4 Å². The Morgan fingerprint density at radius 2 is 0.624 bits per heavy atom. The lowest BCUT2D eigenvalue weighted by Crippen LogP contribution is -2.17. The number of hydrogen-bond donors (Lipinski definition) is 0. The summed E-state index contributed by atoms with van der Waals surface area (Å²) in [6.45, 7) is 9.32. The van der Waals surface area contributed by atoms with Crippen molar-refractivity contribution in [3.8, 4) is 114 Å². The average molecular weight is 1250 g/mol. The van der Waals surface area contributed by atoms with E-state index in [1.54, 1.807) is 46.4 Å². The molecule has 4 aromatic heterocycles. The first-order valence-corrected chi connectivity index (χ1v) is 28.9. The molecular formula is C69H65N15O9. The number of esters is 4. The third kappa shape index (κ3) is 15.0. The van der Waals surface area contributed by atoms with Crippen molar-refractivity contribution in [3.05, 3.63) is 178 Å². The molecule has 0 radical (unpaired) electrons. The molecule has 0 saturated heterocycles. The van der Waals surface area contributed by atoms with E-state index in [9.17, 15) is 24.0 Å². The maximum absolute atomic E-state index is 12.3. The fraction of sp³-hybridized carbons (Fsp3) is 0.232. The van der Waals surface area contributed by atoms with E-state index in [1.165, 1.54) is 6.92 Å². The Kier molecular flexibility index (Phi) is 22.5. The molecule has 470 valence electrons. The molecule has 13 rings (SSSR count).